The van der Waals surface area contributed by atoms with E-state index in [1.165, 1.54) is 4.80 Å². The molecular weight excluding hydrogens is 378 g/mol. The summed E-state index contributed by atoms with van der Waals surface area (Å²) < 4.78 is 0. The van der Waals surface area contributed by atoms with Crippen molar-refractivity contribution in [2.45, 2.75) is 18.9 Å². The molecule has 3 aromatic rings. The van der Waals surface area contributed by atoms with E-state index in [1.807, 2.05) is 35.2 Å². The van der Waals surface area contributed by atoms with Crippen molar-refractivity contribution in [3.05, 3.63) is 66.1 Å². The van der Waals surface area contributed by atoms with E-state index in [4.69, 9.17) is 0 Å². The number of aromatic nitrogens is 4. The minimum Gasteiger partial charge on any atom is -0.352 e. The maximum atomic E-state index is 13.4. The van der Waals surface area contributed by atoms with Crippen LogP contribution in [0.4, 0.5) is 5.82 Å². The van der Waals surface area contributed by atoms with Crippen LogP contribution in [0.3, 0.4) is 0 Å². The van der Waals surface area contributed by atoms with Crippen LogP contribution in [0.15, 0.2) is 55.0 Å². The van der Waals surface area contributed by atoms with E-state index in [2.05, 4.69) is 26.2 Å². The molecule has 2 fully saturated rings. The van der Waals surface area contributed by atoms with Crippen LogP contribution in [0.2, 0.25) is 0 Å². The first-order chi connectivity index (χ1) is 14.7. The summed E-state index contributed by atoms with van der Waals surface area (Å²) in [4.78, 5) is 23.6. The normalized spacial score (nSPS) is 20.6. The van der Waals surface area contributed by atoms with Crippen LogP contribution in [0, 0.1) is 17.2 Å². The average Bonchev–Trinajstić information content (AvgIpc) is 3.48. The quantitative estimate of drug-likeness (QED) is 0.671. The number of rotatable bonds is 3. The van der Waals surface area contributed by atoms with Gasteiger partial charge in [-0.3, -0.25) is 4.79 Å². The van der Waals surface area contributed by atoms with E-state index in [1.54, 1.807) is 24.7 Å². The van der Waals surface area contributed by atoms with Gasteiger partial charge in [-0.2, -0.15) is 20.3 Å². The molecule has 0 aliphatic carbocycles. The van der Waals surface area contributed by atoms with Gasteiger partial charge in [-0.05, 0) is 43.0 Å². The number of para-hydroxylation sites is 1. The van der Waals surface area contributed by atoms with Gasteiger partial charge in [0.2, 0.25) is 0 Å². The summed E-state index contributed by atoms with van der Waals surface area (Å²) >= 11 is 0. The van der Waals surface area contributed by atoms with Gasteiger partial charge in [0.25, 0.3) is 5.91 Å². The number of hydrogen-bond donors (Lipinski definition) is 0. The molecule has 2 aliphatic rings. The second-order valence-electron chi connectivity index (χ2n) is 7.70. The molecule has 4 heterocycles. The highest BCUT2D eigenvalue weighted by molar-refractivity contribution is 5.97. The van der Waals surface area contributed by atoms with E-state index in [0.29, 0.717) is 29.3 Å². The Labute approximate surface area is 174 Å². The largest absolute Gasteiger partial charge is 0.352 e. The van der Waals surface area contributed by atoms with Gasteiger partial charge in [-0.1, -0.05) is 12.1 Å². The van der Waals surface area contributed by atoms with Crippen molar-refractivity contribution in [3.63, 3.8) is 0 Å². The second-order valence-corrected chi connectivity index (χ2v) is 7.70. The number of benzene rings is 1. The number of fused-ring (bicyclic) bond motifs is 1. The smallest absolute Gasteiger partial charge is 0.256 e. The van der Waals surface area contributed by atoms with Crippen molar-refractivity contribution < 1.29 is 4.79 Å². The molecule has 2 aromatic heterocycles. The topological polar surface area (TPSA) is 90.9 Å². The van der Waals surface area contributed by atoms with Crippen molar-refractivity contribution in [1.82, 2.24) is 24.9 Å². The zero-order valence-corrected chi connectivity index (χ0v) is 16.4. The van der Waals surface area contributed by atoms with Crippen molar-refractivity contribution >= 4 is 11.7 Å². The highest BCUT2D eigenvalue weighted by Gasteiger charge is 2.40. The fraction of sp³-hybridized carbons (Fsp3) is 0.318. The number of piperidine rings is 1. The molecule has 2 aliphatic heterocycles. The van der Waals surface area contributed by atoms with Crippen LogP contribution in [0.1, 0.15) is 28.8 Å². The van der Waals surface area contributed by atoms with Gasteiger partial charge < -0.3 is 9.80 Å². The Morgan fingerprint density at radius 2 is 1.87 bits per heavy atom. The lowest BCUT2D eigenvalue weighted by molar-refractivity contribution is 0.0678. The van der Waals surface area contributed by atoms with Gasteiger partial charge in [0.05, 0.1) is 41.3 Å². The number of nitriles is 1. The molecule has 0 bridgehead atoms. The fourth-order valence-electron chi connectivity index (χ4n) is 4.59. The number of anilines is 1. The lowest BCUT2D eigenvalue weighted by Crippen LogP contribution is -2.50. The number of nitrogens with zero attached hydrogens (tertiary/aromatic N) is 7. The van der Waals surface area contributed by atoms with Gasteiger partial charge in [0, 0.05) is 25.8 Å². The lowest BCUT2D eigenvalue weighted by Gasteiger charge is -2.39. The van der Waals surface area contributed by atoms with E-state index in [9.17, 15) is 10.1 Å². The van der Waals surface area contributed by atoms with Crippen LogP contribution >= 0.6 is 0 Å². The molecule has 1 aromatic carbocycles. The van der Waals surface area contributed by atoms with Crippen molar-refractivity contribution in [3.8, 4) is 11.8 Å². The lowest BCUT2D eigenvalue weighted by atomic mass is 9.91. The average molecular weight is 399 g/mol. The highest BCUT2D eigenvalue weighted by Crippen LogP contribution is 2.35. The standard InChI is InChI=1S/C22H21N7O/c23-14-16-5-8-24-21(13-16)28-12-7-17-6-11-27(15-20(17)28)22(30)18-3-1-2-4-19(18)29-25-9-10-26-29/h1-5,8-10,13,17,20H,6-7,11-12,15H2/t17-,20-/m1/s1. The molecule has 0 spiro atoms. The Balaban J connectivity index is 1.40. The van der Waals surface area contributed by atoms with Crippen LogP contribution in [-0.4, -0.2) is 56.5 Å². The Morgan fingerprint density at radius 1 is 1.07 bits per heavy atom. The fourth-order valence-corrected chi connectivity index (χ4v) is 4.59. The van der Waals surface area contributed by atoms with E-state index >= 15 is 0 Å². The molecule has 2 saturated heterocycles. The molecule has 0 N–H and O–H groups in total. The molecule has 8 nitrogen and oxygen atoms in total. The molecule has 150 valence electrons. The Hall–Kier alpha value is -3.73. The number of amides is 1. The zero-order valence-electron chi connectivity index (χ0n) is 16.4. The maximum absolute atomic E-state index is 13.4. The highest BCUT2D eigenvalue weighted by atomic mass is 16.2. The Kier molecular flexibility index (Phi) is 4.64. The van der Waals surface area contributed by atoms with E-state index in [0.717, 1.165) is 31.7 Å². The summed E-state index contributed by atoms with van der Waals surface area (Å²) in [6.07, 6.45) is 6.93. The summed E-state index contributed by atoms with van der Waals surface area (Å²) in [7, 11) is 0. The summed E-state index contributed by atoms with van der Waals surface area (Å²) in [6.45, 7) is 2.27. The molecule has 5 rings (SSSR count). The first kappa shape index (κ1) is 18.3. The predicted molar refractivity (Wildman–Crippen MR) is 110 cm³/mol. The minimum absolute atomic E-state index is 0.00747. The van der Waals surface area contributed by atoms with Crippen LogP contribution in [0.25, 0.3) is 5.69 Å². The summed E-state index contributed by atoms with van der Waals surface area (Å²) in [5.41, 5.74) is 1.88. The van der Waals surface area contributed by atoms with Crippen LogP contribution < -0.4 is 4.90 Å². The summed E-state index contributed by atoms with van der Waals surface area (Å²) in [5.74, 6) is 1.34. The third-order valence-corrected chi connectivity index (χ3v) is 6.09. The molecule has 0 unspecified atom stereocenters. The zero-order chi connectivity index (χ0) is 20.5. The molecule has 8 heteroatoms. The first-order valence-corrected chi connectivity index (χ1v) is 10.1. The number of carbonyl (C=O) groups is 1. The van der Waals surface area contributed by atoms with Crippen molar-refractivity contribution in [2.24, 2.45) is 5.92 Å². The number of carbonyl (C=O) groups excluding carboxylic acids is 1. The van der Waals surface area contributed by atoms with Crippen LogP contribution in [-0.2, 0) is 0 Å². The maximum Gasteiger partial charge on any atom is 0.256 e. The summed E-state index contributed by atoms with van der Waals surface area (Å²) in [6, 6.07) is 13.4. The number of likely N-dealkylation sites (tertiary alicyclic amines) is 1. The second kappa shape index (κ2) is 7.59. The first-order valence-electron chi connectivity index (χ1n) is 10.1. The van der Waals surface area contributed by atoms with Crippen LogP contribution in [0.5, 0.6) is 0 Å². The monoisotopic (exact) mass is 399 g/mol. The summed E-state index contributed by atoms with van der Waals surface area (Å²) in [5, 5.41) is 17.6. The van der Waals surface area contributed by atoms with Crippen molar-refractivity contribution in [2.75, 3.05) is 24.5 Å². The minimum atomic E-state index is -0.00747. The molecule has 0 saturated carbocycles. The third kappa shape index (κ3) is 3.18. The molecule has 1 amide bonds. The van der Waals surface area contributed by atoms with Gasteiger partial charge >= 0.3 is 0 Å². The third-order valence-electron chi connectivity index (χ3n) is 6.09. The SMILES string of the molecule is N#Cc1ccnc(N2CC[C@H]3CCN(C(=O)c4ccccc4-n4nccn4)C[C@H]32)c1. The number of pyridine rings is 1. The molecule has 2 atom stereocenters. The van der Waals surface area contributed by atoms with E-state index in [-0.39, 0.29) is 11.9 Å². The van der Waals surface area contributed by atoms with Gasteiger partial charge in [-0.25, -0.2) is 4.98 Å². The van der Waals surface area contributed by atoms with E-state index < -0.39 is 0 Å². The molecular formula is C22H21N7O. The number of hydrogen-bond acceptors (Lipinski definition) is 6. The van der Waals surface area contributed by atoms with Gasteiger partial charge in [-0.15, -0.1) is 0 Å². The van der Waals surface area contributed by atoms with Gasteiger partial charge in [0.15, 0.2) is 0 Å². The predicted octanol–water partition coefficient (Wildman–Crippen LogP) is 2.27. The van der Waals surface area contributed by atoms with Gasteiger partial charge in [0.1, 0.15) is 5.82 Å². The molecule has 0 radical (unpaired) electrons. The Morgan fingerprint density at radius 3 is 2.70 bits per heavy atom. The molecule has 30 heavy (non-hydrogen) atoms. The van der Waals surface area contributed by atoms with Crippen molar-refractivity contribution in [1.29, 1.82) is 5.26 Å². The Bertz CT molecular complexity index is 1100.